The topological polar surface area (TPSA) is 41.6 Å². The van der Waals surface area contributed by atoms with Gasteiger partial charge in [-0.2, -0.15) is 0 Å². The van der Waals surface area contributed by atoms with Gasteiger partial charge in [0, 0.05) is 17.2 Å². The van der Waals surface area contributed by atoms with Gasteiger partial charge < -0.3 is 10.1 Å². The minimum absolute atomic E-state index is 0.0329. The number of nitrogens with zero attached hydrogens (tertiary/aromatic N) is 1. The smallest absolute Gasteiger partial charge is 0.238 e. The molecule has 0 atom stereocenters. The van der Waals surface area contributed by atoms with Gasteiger partial charge >= 0.3 is 0 Å². The van der Waals surface area contributed by atoms with Crippen molar-refractivity contribution in [1.82, 2.24) is 4.90 Å². The third-order valence-corrected chi connectivity index (χ3v) is 4.76. The number of thioether (sulfide) groups is 1. The zero-order chi connectivity index (χ0) is 18.8. The van der Waals surface area contributed by atoms with Crippen molar-refractivity contribution >= 4 is 23.4 Å². The minimum atomic E-state index is -0.0329. The average molecular weight is 371 g/mol. The summed E-state index contributed by atoms with van der Waals surface area (Å²) in [6, 6.07) is 15.8. The SMILES string of the molecule is C=CCSc1ccccc1NC(=O)CN(C)CCOc1ccc(C)cc1. The van der Waals surface area contributed by atoms with Gasteiger partial charge in [0.1, 0.15) is 12.4 Å². The molecule has 0 radical (unpaired) electrons. The molecule has 2 rings (SSSR count). The summed E-state index contributed by atoms with van der Waals surface area (Å²) >= 11 is 1.65. The molecule has 0 spiro atoms. The summed E-state index contributed by atoms with van der Waals surface area (Å²) in [7, 11) is 1.91. The number of aryl methyl sites for hydroxylation is 1. The molecule has 0 saturated carbocycles. The molecule has 0 aromatic heterocycles. The molecule has 0 aliphatic carbocycles. The van der Waals surface area contributed by atoms with Crippen LogP contribution >= 0.6 is 11.8 Å². The van der Waals surface area contributed by atoms with E-state index in [1.807, 2.05) is 73.5 Å². The third-order valence-electron chi connectivity index (χ3n) is 3.69. The predicted octanol–water partition coefficient (Wildman–Crippen LogP) is 4.22. The first-order valence-electron chi connectivity index (χ1n) is 8.59. The molecule has 0 fully saturated rings. The second-order valence-corrected chi connectivity index (χ2v) is 7.11. The summed E-state index contributed by atoms with van der Waals surface area (Å²) in [5, 5.41) is 2.99. The molecule has 0 saturated heterocycles. The number of nitrogens with one attached hydrogen (secondary N) is 1. The highest BCUT2D eigenvalue weighted by Crippen LogP contribution is 2.26. The average Bonchev–Trinajstić information content (AvgIpc) is 2.62. The first kappa shape index (κ1) is 20.1. The van der Waals surface area contributed by atoms with Gasteiger partial charge in [-0.3, -0.25) is 9.69 Å². The van der Waals surface area contributed by atoms with Gasteiger partial charge in [0.15, 0.2) is 0 Å². The molecule has 1 N–H and O–H groups in total. The van der Waals surface area contributed by atoms with Crippen LogP contribution in [0.1, 0.15) is 5.56 Å². The molecule has 0 heterocycles. The van der Waals surface area contributed by atoms with Crippen LogP contribution in [0.4, 0.5) is 5.69 Å². The van der Waals surface area contributed by atoms with E-state index in [9.17, 15) is 4.79 Å². The van der Waals surface area contributed by atoms with E-state index in [4.69, 9.17) is 4.74 Å². The van der Waals surface area contributed by atoms with Crippen molar-refractivity contribution in [3.63, 3.8) is 0 Å². The Hall–Kier alpha value is -2.24. The quantitative estimate of drug-likeness (QED) is 0.502. The van der Waals surface area contributed by atoms with Crippen molar-refractivity contribution < 1.29 is 9.53 Å². The summed E-state index contributed by atoms with van der Waals surface area (Å²) < 4.78 is 5.71. The fraction of sp³-hybridized carbons (Fsp3) is 0.286. The van der Waals surface area contributed by atoms with Crippen LogP contribution in [-0.2, 0) is 4.79 Å². The maximum absolute atomic E-state index is 12.3. The number of para-hydroxylation sites is 1. The maximum Gasteiger partial charge on any atom is 0.238 e. The molecule has 1 amide bonds. The lowest BCUT2D eigenvalue weighted by Crippen LogP contribution is -2.33. The van der Waals surface area contributed by atoms with E-state index in [0.29, 0.717) is 19.7 Å². The molecule has 0 aliphatic heterocycles. The van der Waals surface area contributed by atoms with E-state index < -0.39 is 0 Å². The van der Waals surface area contributed by atoms with Crippen molar-refractivity contribution in [3.05, 3.63) is 66.7 Å². The highest BCUT2D eigenvalue weighted by Gasteiger charge is 2.09. The van der Waals surface area contributed by atoms with Gasteiger partial charge in [0.25, 0.3) is 0 Å². The number of carbonyl (C=O) groups excluding carboxylic acids is 1. The van der Waals surface area contributed by atoms with Gasteiger partial charge in [-0.05, 0) is 38.2 Å². The monoisotopic (exact) mass is 370 g/mol. The first-order chi connectivity index (χ1) is 12.6. The Morgan fingerprint density at radius 3 is 2.69 bits per heavy atom. The van der Waals surface area contributed by atoms with E-state index in [1.54, 1.807) is 11.8 Å². The number of benzene rings is 2. The molecule has 4 nitrogen and oxygen atoms in total. The van der Waals surface area contributed by atoms with Gasteiger partial charge in [-0.25, -0.2) is 0 Å². The highest BCUT2D eigenvalue weighted by atomic mass is 32.2. The molecule has 2 aromatic carbocycles. The largest absolute Gasteiger partial charge is 0.492 e. The molecule has 0 aliphatic rings. The van der Waals surface area contributed by atoms with E-state index in [0.717, 1.165) is 22.1 Å². The molecule has 2 aromatic rings. The molecule has 5 heteroatoms. The van der Waals surface area contributed by atoms with Crippen LogP contribution in [0.2, 0.25) is 0 Å². The fourth-order valence-electron chi connectivity index (χ4n) is 2.31. The second-order valence-electron chi connectivity index (χ2n) is 6.04. The number of rotatable bonds is 10. The van der Waals surface area contributed by atoms with Crippen LogP contribution in [0.5, 0.6) is 5.75 Å². The lowest BCUT2D eigenvalue weighted by molar-refractivity contribution is -0.117. The lowest BCUT2D eigenvalue weighted by Gasteiger charge is -2.17. The molecule has 0 bridgehead atoms. The summed E-state index contributed by atoms with van der Waals surface area (Å²) in [6.45, 7) is 7.31. The summed E-state index contributed by atoms with van der Waals surface area (Å²) in [6.07, 6.45) is 1.85. The van der Waals surface area contributed by atoms with E-state index >= 15 is 0 Å². The van der Waals surface area contributed by atoms with Crippen LogP contribution in [0, 0.1) is 6.92 Å². The number of ether oxygens (including phenoxy) is 1. The first-order valence-corrected chi connectivity index (χ1v) is 9.57. The Balaban J connectivity index is 1.76. The summed E-state index contributed by atoms with van der Waals surface area (Å²) in [5.41, 5.74) is 2.05. The molecule has 0 unspecified atom stereocenters. The van der Waals surface area contributed by atoms with Crippen molar-refractivity contribution in [3.8, 4) is 5.75 Å². The fourth-order valence-corrected chi connectivity index (χ4v) is 3.06. The maximum atomic E-state index is 12.3. The van der Waals surface area contributed by atoms with Crippen molar-refractivity contribution in [1.29, 1.82) is 0 Å². The van der Waals surface area contributed by atoms with Crippen LogP contribution in [0.15, 0.2) is 66.1 Å². The Bertz CT molecular complexity index is 716. The molecular weight excluding hydrogens is 344 g/mol. The highest BCUT2D eigenvalue weighted by molar-refractivity contribution is 7.99. The van der Waals surface area contributed by atoms with E-state index in [1.165, 1.54) is 5.56 Å². The third kappa shape index (κ3) is 6.94. The van der Waals surface area contributed by atoms with Crippen molar-refractivity contribution in [2.75, 3.05) is 37.8 Å². The van der Waals surface area contributed by atoms with Crippen LogP contribution in [0.3, 0.4) is 0 Å². The van der Waals surface area contributed by atoms with E-state index in [2.05, 4.69) is 11.9 Å². The molecular formula is C21H26N2O2S. The Kier molecular flexibility index (Phi) is 8.25. The van der Waals surface area contributed by atoms with Gasteiger partial charge in [0.05, 0.1) is 12.2 Å². The Morgan fingerprint density at radius 2 is 1.96 bits per heavy atom. The van der Waals surface area contributed by atoms with Crippen LogP contribution in [0.25, 0.3) is 0 Å². The van der Waals surface area contributed by atoms with Crippen LogP contribution < -0.4 is 10.1 Å². The summed E-state index contributed by atoms with van der Waals surface area (Å²) in [4.78, 5) is 15.3. The molecule has 26 heavy (non-hydrogen) atoms. The van der Waals surface area contributed by atoms with Crippen molar-refractivity contribution in [2.24, 2.45) is 0 Å². The van der Waals surface area contributed by atoms with Gasteiger partial charge in [0.2, 0.25) is 5.91 Å². The summed E-state index contributed by atoms with van der Waals surface area (Å²) in [5.74, 6) is 1.62. The lowest BCUT2D eigenvalue weighted by atomic mass is 10.2. The van der Waals surface area contributed by atoms with Gasteiger partial charge in [-0.15, -0.1) is 18.3 Å². The normalized spacial score (nSPS) is 10.6. The number of carbonyl (C=O) groups is 1. The van der Waals surface area contributed by atoms with Crippen molar-refractivity contribution in [2.45, 2.75) is 11.8 Å². The zero-order valence-electron chi connectivity index (χ0n) is 15.4. The number of hydrogen-bond acceptors (Lipinski definition) is 4. The number of amides is 1. The Labute approximate surface area is 160 Å². The number of hydrogen-bond donors (Lipinski definition) is 1. The standard InChI is InChI=1S/C21H26N2O2S/c1-4-15-26-20-8-6-5-7-19(20)22-21(24)16-23(3)13-14-25-18-11-9-17(2)10-12-18/h4-12H,1,13-16H2,2-3H3,(H,22,24). The minimum Gasteiger partial charge on any atom is -0.492 e. The Morgan fingerprint density at radius 1 is 1.23 bits per heavy atom. The van der Waals surface area contributed by atoms with E-state index in [-0.39, 0.29) is 5.91 Å². The predicted molar refractivity (Wildman–Crippen MR) is 110 cm³/mol. The van der Waals surface area contributed by atoms with Gasteiger partial charge in [-0.1, -0.05) is 35.9 Å². The number of likely N-dealkylation sites (N-methyl/N-ethyl adjacent to an activating group) is 1. The number of anilines is 1. The second kappa shape index (κ2) is 10.7. The zero-order valence-corrected chi connectivity index (χ0v) is 16.2. The van der Waals surface area contributed by atoms with Crippen LogP contribution in [-0.4, -0.2) is 43.3 Å². The molecule has 138 valence electrons.